The highest BCUT2D eigenvalue weighted by atomic mass is 35.5. The Kier molecular flexibility index (Phi) is 4.90. The molecule has 0 bridgehead atoms. The average Bonchev–Trinajstić information content (AvgIpc) is 2.41. The third-order valence-electron chi connectivity index (χ3n) is 4.33. The first-order chi connectivity index (χ1) is 9.44. The number of aromatic nitrogens is 2. The van der Waals surface area contributed by atoms with E-state index in [0.717, 1.165) is 36.1 Å². The Morgan fingerprint density at radius 1 is 1.35 bits per heavy atom. The lowest BCUT2D eigenvalue weighted by Crippen LogP contribution is -2.44. The number of rotatable bonds is 4. The van der Waals surface area contributed by atoms with Crippen LogP contribution in [0.4, 0.5) is 5.95 Å². The quantitative estimate of drug-likeness (QED) is 0.831. The summed E-state index contributed by atoms with van der Waals surface area (Å²) in [6.45, 7) is 8.66. The molecule has 1 aromatic rings. The lowest BCUT2D eigenvalue weighted by molar-refractivity contribution is 0.285. The molecule has 1 heterocycles. The fraction of sp³-hybridized carbons (Fsp3) is 0.750. The van der Waals surface area contributed by atoms with Crippen LogP contribution in [-0.2, 0) is 0 Å². The van der Waals surface area contributed by atoms with Crippen molar-refractivity contribution in [2.45, 2.75) is 64.8 Å². The average molecular weight is 296 g/mol. The van der Waals surface area contributed by atoms with Gasteiger partial charge in [0, 0.05) is 17.3 Å². The molecule has 0 radical (unpaired) electrons. The molecule has 0 amide bonds. The first-order valence-electron chi connectivity index (χ1n) is 7.64. The highest BCUT2D eigenvalue weighted by Crippen LogP contribution is 2.35. The van der Waals surface area contributed by atoms with Gasteiger partial charge in [-0.3, -0.25) is 0 Å². The van der Waals surface area contributed by atoms with Crippen molar-refractivity contribution < 1.29 is 0 Å². The van der Waals surface area contributed by atoms with Crippen LogP contribution in [0.5, 0.6) is 0 Å². The first kappa shape index (κ1) is 15.6. The fourth-order valence-corrected chi connectivity index (χ4v) is 3.12. The van der Waals surface area contributed by atoms with Crippen LogP contribution in [0.2, 0.25) is 0 Å². The van der Waals surface area contributed by atoms with E-state index in [1.54, 1.807) is 0 Å². The standard InChI is InChI=1S/C16H26ClN3/c1-11(2)14-9-13(4)18-15(19-14)20-16(10-17)7-5-12(3)6-8-16/h9,11-12H,5-8,10H2,1-4H3,(H,18,19,20). The van der Waals surface area contributed by atoms with Crippen molar-refractivity contribution in [1.29, 1.82) is 0 Å². The van der Waals surface area contributed by atoms with Crippen LogP contribution in [0, 0.1) is 12.8 Å². The van der Waals surface area contributed by atoms with Gasteiger partial charge >= 0.3 is 0 Å². The van der Waals surface area contributed by atoms with Crippen molar-refractivity contribution in [3.05, 3.63) is 17.5 Å². The number of nitrogens with one attached hydrogen (secondary N) is 1. The minimum atomic E-state index is -0.0316. The molecule has 1 saturated carbocycles. The van der Waals surface area contributed by atoms with Crippen molar-refractivity contribution in [3.8, 4) is 0 Å². The summed E-state index contributed by atoms with van der Waals surface area (Å²) in [4.78, 5) is 9.20. The van der Waals surface area contributed by atoms with Crippen molar-refractivity contribution >= 4 is 17.5 Å². The topological polar surface area (TPSA) is 37.8 Å². The van der Waals surface area contributed by atoms with E-state index in [2.05, 4.69) is 42.1 Å². The smallest absolute Gasteiger partial charge is 0.223 e. The Hall–Kier alpha value is -0.830. The number of hydrogen-bond donors (Lipinski definition) is 1. The molecule has 20 heavy (non-hydrogen) atoms. The molecule has 1 aliphatic rings. The Bertz CT molecular complexity index is 451. The Labute approximate surface area is 127 Å². The van der Waals surface area contributed by atoms with E-state index in [1.807, 2.05) is 6.92 Å². The number of hydrogen-bond acceptors (Lipinski definition) is 3. The molecule has 0 spiro atoms. The molecule has 1 N–H and O–H groups in total. The van der Waals surface area contributed by atoms with Crippen LogP contribution >= 0.6 is 11.6 Å². The van der Waals surface area contributed by atoms with Gasteiger partial charge in [-0.15, -0.1) is 11.6 Å². The number of halogens is 1. The number of alkyl halides is 1. The van der Waals surface area contributed by atoms with Crippen LogP contribution in [-0.4, -0.2) is 21.4 Å². The predicted octanol–water partition coefficient (Wildman–Crippen LogP) is 4.51. The summed E-state index contributed by atoms with van der Waals surface area (Å²) in [5.41, 5.74) is 2.07. The lowest BCUT2D eigenvalue weighted by atomic mass is 9.78. The zero-order valence-electron chi connectivity index (χ0n) is 13.0. The Balaban J connectivity index is 2.19. The zero-order chi connectivity index (χ0) is 14.8. The Morgan fingerprint density at radius 2 is 2.00 bits per heavy atom. The summed E-state index contributed by atoms with van der Waals surface area (Å²) in [6.07, 6.45) is 4.66. The number of nitrogens with zero attached hydrogens (tertiary/aromatic N) is 2. The predicted molar refractivity (Wildman–Crippen MR) is 85.6 cm³/mol. The summed E-state index contributed by atoms with van der Waals surface area (Å²) in [7, 11) is 0. The molecular formula is C16H26ClN3. The summed E-state index contributed by atoms with van der Waals surface area (Å²) in [5.74, 6) is 2.57. The summed E-state index contributed by atoms with van der Waals surface area (Å²) in [5, 5.41) is 3.55. The SMILES string of the molecule is Cc1cc(C(C)C)nc(NC2(CCl)CCC(C)CC2)n1. The molecule has 1 fully saturated rings. The molecular weight excluding hydrogens is 270 g/mol. The molecule has 3 nitrogen and oxygen atoms in total. The maximum Gasteiger partial charge on any atom is 0.223 e. The third kappa shape index (κ3) is 3.63. The molecule has 0 unspecified atom stereocenters. The second-order valence-corrected chi connectivity index (χ2v) is 6.90. The normalized spacial score (nSPS) is 26.8. The van der Waals surface area contributed by atoms with Crippen molar-refractivity contribution in [2.75, 3.05) is 11.2 Å². The van der Waals surface area contributed by atoms with Gasteiger partial charge < -0.3 is 5.32 Å². The van der Waals surface area contributed by atoms with E-state index < -0.39 is 0 Å². The summed E-state index contributed by atoms with van der Waals surface area (Å²) in [6, 6.07) is 2.06. The van der Waals surface area contributed by atoms with E-state index in [4.69, 9.17) is 11.6 Å². The van der Waals surface area contributed by atoms with Crippen LogP contribution in [0.3, 0.4) is 0 Å². The highest BCUT2D eigenvalue weighted by Gasteiger charge is 2.34. The van der Waals surface area contributed by atoms with E-state index in [9.17, 15) is 0 Å². The molecule has 2 rings (SSSR count). The molecule has 4 heteroatoms. The van der Waals surface area contributed by atoms with Gasteiger partial charge in [0.15, 0.2) is 0 Å². The summed E-state index contributed by atoms with van der Waals surface area (Å²) < 4.78 is 0. The molecule has 1 aromatic heterocycles. The molecule has 0 atom stereocenters. The molecule has 0 aromatic carbocycles. The van der Waals surface area contributed by atoms with Crippen LogP contribution in [0.25, 0.3) is 0 Å². The monoisotopic (exact) mass is 295 g/mol. The molecule has 1 aliphatic carbocycles. The third-order valence-corrected chi connectivity index (χ3v) is 4.84. The van der Waals surface area contributed by atoms with Gasteiger partial charge in [0.1, 0.15) is 0 Å². The fourth-order valence-electron chi connectivity index (χ4n) is 2.79. The zero-order valence-corrected chi connectivity index (χ0v) is 13.8. The van der Waals surface area contributed by atoms with Crippen LogP contribution in [0.15, 0.2) is 6.07 Å². The van der Waals surface area contributed by atoms with Crippen LogP contribution in [0.1, 0.15) is 63.8 Å². The van der Waals surface area contributed by atoms with Gasteiger partial charge in [-0.05, 0) is 50.5 Å². The minimum absolute atomic E-state index is 0.0316. The summed E-state index contributed by atoms with van der Waals surface area (Å²) >= 11 is 6.26. The second kappa shape index (κ2) is 6.30. The number of aryl methyl sites for hydroxylation is 1. The van der Waals surface area contributed by atoms with E-state index in [0.29, 0.717) is 11.8 Å². The molecule has 112 valence electrons. The first-order valence-corrected chi connectivity index (χ1v) is 8.17. The van der Waals surface area contributed by atoms with E-state index in [1.165, 1.54) is 12.8 Å². The van der Waals surface area contributed by atoms with Crippen LogP contribution < -0.4 is 5.32 Å². The van der Waals surface area contributed by atoms with Gasteiger partial charge in [-0.2, -0.15) is 0 Å². The lowest BCUT2D eigenvalue weighted by Gasteiger charge is -2.38. The minimum Gasteiger partial charge on any atom is -0.348 e. The molecule has 0 saturated heterocycles. The van der Waals surface area contributed by atoms with E-state index in [-0.39, 0.29) is 5.54 Å². The second-order valence-electron chi connectivity index (χ2n) is 6.63. The highest BCUT2D eigenvalue weighted by molar-refractivity contribution is 6.18. The van der Waals surface area contributed by atoms with E-state index >= 15 is 0 Å². The number of anilines is 1. The maximum absolute atomic E-state index is 6.26. The van der Waals surface area contributed by atoms with Gasteiger partial charge in [-0.1, -0.05) is 20.8 Å². The van der Waals surface area contributed by atoms with Gasteiger partial charge in [0.05, 0.1) is 5.54 Å². The van der Waals surface area contributed by atoms with Crippen molar-refractivity contribution in [2.24, 2.45) is 5.92 Å². The van der Waals surface area contributed by atoms with Gasteiger partial charge in [0.2, 0.25) is 5.95 Å². The maximum atomic E-state index is 6.26. The van der Waals surface area contributed by atoms with Gasteiger partial charge in [-0.25, -0.2) is 9.97 Å². The van der Waals surface area contributed by atoms with Crippen molar-refractivity contribution in [1.82, 2.24) is 9.97 Å². The van der Waals surface area contributed by atoms with Crippen molar-refractivity contribution in [3.63, 3.8) is 0 Å². The Morgan fingerprint density at radius 3 is 2.55 bits per heavy atom. The van der Waals surface area contributed by atoms with Gasteiger partial charge in [0.25, 0.3) is 0 Å². The largest absolute Gasteiger partial charge is 0.348 e. The molecule has 0 aliphatic heterocycles.